The second kappa shape index (κ2) is 6.54. The molecule has 0 amide bonds. The second-order valence-electron chi connectivity index (χ2n) is 3.96. The summed E-state index contributed by atoms with van der Waals surface area (Å²) in [6.45, 7) is 0. The van der Waals surface area contributed by atoms with Crippen LogP contribution in [0.1, 0.15) is 12.0 Å². The van der Waals surface area contributed by atoms with Crippen molar-refractivity contribution in [3.8, 4) is 11.5 Å². The molecule has 0 unspecified atom stereocenters. The van der Waals surface area contributed by atoms with Gasteiger partial charge in [-0.05, 0) is 24.5 Å². The number of benzene rings is 1. The van der Waals surface area contributed by atoms with Gasteiger partial charge in [-0.3, -0.25) is 0 Å². The number of rotatable bonds is 5. The summed E-state index contributed by atoms with van der Waals surface area (Å²) in [4.78, 5) is 15.1. The molecule has 0 aliphatic carbocycles. The molecule has 0 aliphatic heterocycles. The van der Waals surface area contributed by atoms with E-state index in [-0.39, 0.29) is 5.97 Å². The molecule has 0 atom stereocenters. The van der Waals surface area contributed by atoms with Crippen molar-refractivity contribution in [1.29, 1.82) is 0 Å². The van der Waals surface area contributed by atoms with Crippen molar-refractivity contribution in [3.63, 3.8) is 0 Å². The first-order chi connectivity index (χ1) is 9.31. The Kier molecular flexibility index (Phi) is 4.50. The number of methoxy groups -OCH3 is 1. The van der Waals surface area contributed by atoms with Gasteiger partial charge in [-0.1, -0.05) is 24.3 Å². The smallest absolute Gasteiger partial charge is 0.330 e. The molecule has 19 heavy (non-hydrogen) atoms. The van der Waals surface area contributed by atoms with Crippen LogP contribution in [-0.2, 0) is 16.0 Å². The van der Waals surface area contributed by atoms with Gasteiger partial charge < -0.3 is 9.15 Å². The Morgan fingerprint density at radius 3 is 3.00 bits per heavy atom. The van der Waals surface area contributed by atoms with Crippen molar-refractivity contribution < 1.29 is 13.9 Å². The Bertz CT molecular complexity index is 559. The fraction of sp³-hybridized carbons (Fsp3) is 0.200. The van der Waals surface area contributed by atoms with Gasteiger partial charge in [-0.15, -0.1) is 0 Å². The van der Waals surface area contributed by atoms with Crippen LogP contribution in [0.4, 0.5) is 0 Å². The summed E-state index contributed by atoms with van der Waals surface area (Å²) < 4.78 is 9.85. The Balaban J connectivity index is 2.05. The number of oxazole rings is 1. The summed E-state index contributed by atoms with van der Waals surface area (Å²) in [5.41, 5.74) is 2.12. The van der Waals surface area contributed by atoms with E-state index in [0.29, 0.717) is 5.89 Å². The molecule has 0 fully saturated rings. The van der Waals surface area contributed by atoms with E-state index in [1.807, 2.05) is 24.3 Å². The first-order valence-corrected chi connectivity index (χ1v) is 6.03. The Morgan fingerprint density at radius 2 is 2.26 bits per heavy atom. The minimum Gasteiger partial charge on any atom is -0.466 e. The number of hydrogen-bond acceptors (Lipinski definition) is 4. The third-order valence-electron chi connectivity index (χ3n) is 2.72. The lowest BCUT2D eigenvalue weighted by atomic mass is 10.0. The van der Waals surface area contributed by atoms with E-state index in [4.69, 9.17) is 4.42 Å². The summed E-state index contributed by atoms with van der Waals surface area (Å²) in [5, 5.41) is 0. The van der Waals surface area contributed by atoms with Gasteiger partial charge in [0.05, 0.1) is 13.3 Å². The van der Waals surface area contributed by atoms with Gasteiger partial charge in [0, 0.05) is 11.6 Å². The van der Waals surface area contributed by atoms with Crippen LogP contribution >= 0.6 is 0 Å². The lowest BCUT2D eigenvalue weighted by molar-refractivity contribution is -0.134. The Labute approximate surface area is 111 Å². The normalized spacial score (nSPS) is 10.8. The zero-order chi connectivity index (χ0) is 13.5. The lowest BCUT2D eigenvalue weighted by Gasteiger charge is -2.04. The molecule has 0 saturated heterocycles. The fourth-order valence-corrected chi connectivity index (χ4v) is 1.79. The predicted molar refractivity (Wildman–Crippen MR) is 71.4 cm³/mol. The number of ether oxygens (including phenoxy) is 1. The zero-order valence-corrected chi connectivity index (χ0v) is 10.7. The number of allylic oxidation sites excluding steroid dienone is 1. The molecule has 0 spiro atoms. The molecule has 1 aromatic heterocycles. The minimum atomic E-state index is -0.332. The van der Waals surface area contributed by atoms with E-state index in [9.17, 15) is 4.79 Å². The van der Waals surface area contributed by atoms with Crippen molar-refractivity contribution in [2.45, 2.75) is 12.8 Å². The topological polar surface area (TPSA) is 52.3 Å². The molecule has 0 N–H and O–H groups in total. The van der Waals surface area contributed by atoms with E-state index < -0.39 is 0 Å². The highest BCUT2D eigenvalue weighted by Gasteiger charge is 2.07. The van der Waals surface area contributed by atoms with E-state index in [0.717, 1.165) is 24.0 Å². The molecule has 2 rings (SSSR count). The predicted octanol–water partition coefficient (Wildman–Crippen LogP) is 3.00. The van der Waals surface area contributed by atoms with Crippen LogP contribution in [0.15, 0.2) is 53.3 Å². The molecule has 1 heterocycles. The largest absolute Gasteiger partial charge is 0.466 e. The van der Waals surface area contributed by atoms with Gasteiger partial charge in [-0.2, -0.15) is 0 Å². The molecule has 98 valence electrons. The summed E-state index contributed by atoms with van der Waals surface area (Å²) in [6.07, 6.45) is 8.00. The van der Waals surface area contributed by atoms with Crippen molar-refractivity contribution in [2.75, 3.05) is 7.11 Å². The van der Waals surface area contributed by atoms with Crippen LogP contribution in [0.25, 0.3) is 11.5 Å². The third kappa shape index (κ3) is 3.55. The fourth-order valence-electron chi connectivity index (χ4n) is 1.79. The Hall–Kier alpha value is -2.36. The van der Waals surface area contributed by atoms with Crippen molar-refractivity contribution in [1.82, 2.24) is 4.98 Å². The van der Waals surface area contributed by atoms with Gasteiger partial charge in [0.2, 0.25) is 5.89 Å². The maximum atomic E-state index is 10.9. The maximum absolute atomic E-state index is 10.9. The highest BCUT2D eigenvalue weighted by Crippen LogP contribution is 2.22. The summed E-state index contributed by atoms with van der Waals surface area (Å²) in [5.74, 6) is 0.286. The van der Waals surface area contributed by atoms with Gasteiger partial charge in [0.25, 0.3) is 0 Å². The number of hydrogen-bond donors (Lipinski definition) is 0. The van der Waals surface area contributed by atoms with Gasteiger partial charge in [-0.25, -0.2) is 9.78 Å². The lowest BCUT2D eigenvalue weighted by Crippen LogP contribution is -1.94. The summed E-state index contributed by atoms with van der Waals surface area (Å²) in [6, 6.07) is 7.94. The van der Waals surface area contributed by atoms with Crippen molar-refractivity contribution in [3.05, 3.63) is 54.4 Å². The minimum absolute atomic E-state index is 0.332. The van der Waals surface area contributed by atoms with Crippen molar-refractivity contribution in [2.24, 2.45) is 0 Å². The summed E-state index contributed by atoms with van der Waals surface area (Å²) in [7, 11) is 1.37. The zero-order valence-electron chi connectivity index (χ0n) is 10.7. The number of aryl methyl sites for hydroxylation is 1. The molecular formula is C15H15NO3. The molecular weight excluding hydrogens is 242 g/mol. The second-order valence-corrected chi connectivity index (χ2v) is 3.96. The van der Waals surface area contributed by atoms with Gasteiger partial charge in [0.1, 0.15) is 6.26 Å². The molecule has 2 aromatic rings. The number of carbonyl (C=O) groups excluding carboxylic acids is 1. The Morgan fingerprint density at radius 1 is 1.42 bits per heavy atom. The number of esters is 1. The highest BCUT2D eigenvalue weighted by molar-refractivity contribution is 5.81. The average Bonchev–Trinajstić information content (AvgIpc) is 2.97. The van der Waals surface area contributed by atoms with E-state index in [2.05, 4.69) is 9.72 Å². The molecule has 4 nitrogen and oxygen atoms in total. The average molecular weight is 257 g/mol. The van der Waals surface area contributed by atoms with Gasteiger partial charge in [0.15, 0.2) is 0 Å². The quantitative estimate of drug-likeness (QED) is 0.610. The molecule has 1 aromatic carbocycles. The monoisotopic (exact) mass is 257 g/mol. The number of aromatic nitrogens is 1. The van der Waals surface area contributed by atoms with Crippen LogP contribution in [0.3, 0.4) is 0 Å². The first kappa shape index (κ1) is 13.1. The highest BCUT2D eigenvalue weighted by atomic mass is 16.5. The van der Waals surface area contributed by atoms with Crippen molar-refractivity contribution >= 4 is 5.97 Å². The van der Waals surface area contributed by atoms with Crippen LogP contribution in [0, 0.1) is 0 Å². The molecule has 0 bridgehead atoms. The third-order valence-corrected chi connectivity index (χ3v) is 2.72. The first-order valence-electron chi connectivity index (χ1n) is 6.03. The van der Waals surface area contributed by atoms with Gasteiger partial charge >= 0.3 is 5.97 Å². The van der Waals surface area contributed by atoms with E-state index >= 15 is 0 Å². The van der Waals surface area contributed by atoms with Crippen LogP contribution in [0.5, 0.6) is 0 Å². The van der Waals surface area contributed by atoms with Crippen LogP contribution < -0.4 is 0 Å². The molecule has 0 radical (unpaired) electrons. The van der Waals surface area contributed by atoms with Crippen LogP contribution in [-0.4, -0.2) is 18.1 Å². The summed E-state index contributed by atoms with van der Waals surface area (Å²) >= 11 is 0. The SMILES string of the molecule is COC(=O)/C=C/CCc1ccccc1-c1ncco1. The maximum Gasteiger partial charge on any atom is 0.330 e. The number of carbonyl (C=O) groups is 1. The standard InChI is InChI=1S/C15H15NO3/c1-18-14(17)9-5-3-7-12-6-2-4-8-13(12)15-16-10-11-19-15/h2,4-6,8-11H,3,7H2,1H3/b9-5+. The molecule has 0 saturated carbocycles. The number of nitrogens with zero attached hydrogens (tertiary/aromatic N) is 1. The molecule has 4 heteroatoms. The van der Waals surface area contributed by atoms with E-state index in [1.165, 1.54) is 13.2 Å². The van der Waals surface area contributed by atoms with E-state index in [1.54, 1.807) is 18.5 Å². The van der Waals surface area contributed by atoms with Crippen LogP contribution in [0.2, 0.25) is 0 Å². The molecule has 0 aliphatic rings.